The number of hydrogen-bond donors (Lipinski definition) is 1. The van der Waals surface area contributed by atoms with Crippen molar-refractivity contribution in [1.82, 2.24) is 4.98 Å². The molecule has 0 bridgehead atoms. The van der Waals surface area contributed by atoms with E-state index < -0.39 is 0 Å². The van der Waals surface area contributed by atoms with Crippen molar-refractivity contribution in [3.05, 3.63) is 46.8 Å². The molecular weight excluding hydrogens is 230 g/mol. The van der Waals surface area contributed by atoms with E-state index in [0.717, 1.165) is 0 Å². The first-order valence-electron chi connectivity index (χ1n) is 7.47. The quantitative estimate of drug-likeness (QED) is 0.742. The molecule has 4 rings (SSSR count). The van der Waals surface area contributed by atoms with Gasteiger partial charge in [0.25, 0.3) is 0 Å². The number of hydrogen-bond acceptors (Lipinski definition) is 0. The third-order valence-electron chi connectivity index (χ3n) is 5.15. The van der Waals surface area contributed by atoms with Crippen LogP contribution in [0.5, 0.6) is 0 Å². The first kappa shape index (κ1) is 11.3. The number of H-pyrrole nitrogens is 1. The number of fused-ring (bicyclic) bond motifs is 5. The van der Waals surface area contributed by atoms with Crippen LogP contribution in [-0.4, -0.2) is 4.98 Å². The number of rotatable bonds is 1. The van der Waals surface area contributed by atoms with Crippen LogP contribution in [0.1, 0.15) is 61.5 Å². The predicted octanol–water partition coefficient (Wildman–Crippen LogP) is 4.90. The van der Waals surface area contributed by atoms with Crippen molar-refractivity contribution in [1.29, 1.82) is 0 Å². The van der Waals surface area contributed by atoms with Gasteiger partial charge in [0, 0.05) is 22.4 Å². The Kier molecular flexibility index (Phi) is 2.11. The second-order valence-electron chi connectivity index (χ2n) is 6.64. The maximum Gasteiger partial charge on any atom is 0.0366 e. The molecule has 0 saturated heterocycles. The lowest BCUT2D eigenvalue weighted by atomic mass is 9.64. The average molecular weight is 251 g/mol. The monoisotopic (exact) mass is 251 g/mol. The van der Waals surface area contributed by atoms with Crippen LogP contribution < -0.4 is 0 Å². The Bertz CT molecular complexity index is 656. The van der Waals surface area contributed by atoms with E-state index >= 15 is 0 Å². The molecule has 2 aromatic rings. The minimum absolute atomic E-state index is 0.323. The lowest BCUT2D eigenvalue weighted by molar-refractivity contribution is 0.302. The van der Waals surface area contributed by atoms with Crippen molar-refractivity contribution in [2.75, 3.05) is 0 Å². The van der Waals surface area contributed by atoms with Crippen LogP contribution in [0.3, 0.4) is 0 Å². The number of benzene rings is 1. The highest BCUT2D eigenvalue weighted by Gasteiger charge is 2.48. The number of aromatic amines is 1. The zero-order valence-electron chi connectivity index (χ0n) is 12.0. The molecule has 0 radical (unpaired) electrons. The second-order valence-corrected chi connectivity index (χ2v) is 6.64. The molecule has 1 heteroatoms. The van der Waals surface area contributed by atoms with Gasteiger partial charge in [0.15, 0.2) is 0 Å². The van der Waals surface area contributed by atoms with Gasteiger partial charge in [-0.25, -0.2) is 0 Å². The zero-order valence-corrected chi connectivity index (χ0v) is 12.0. The fourth-order valence-corrected chi connectivity index (χ4v) is 3.92. The number of nitrogens with one attached hydrogen (secondary N) is 1. The normalized spacial score (nSPS) is 18.5. The Morgan fingerprint density at radius 2 is 1.89 bits per heavy atom. The van der Waals surface area contributed by atoms with E-state index in [1.807, 2.05) is 0 Å². The van der Waals surface area contributed by atoms with Gasteiger partial charge in [0.1, 0.15) is 0 Å². The van der Waals surface area contributed by atoms with Gasteiger partial charge in [-0.3, -0.25) is 0 Å². The van der Waals surface area contributed by atoms with Crippen LogP contribution in [0.2, 0.25) is 0 Å². The first-order chi connectivity index (χ1) is 9.12. The van der Waals surface area contributed by atoms with E-state index in [1.165, 1.54) is 47.3 Å². The van der Waals surface area contributed by atoms with E-state index in [2.05, 4.69) is 50.0 Å². The summed E-state index contributed by atoms with van der Waals surface area (Å²) in [5.41, 5.74) is 9.12. The molecule has 2 aliphatic rings. The molecule has 1 spiro atoms. The molecule has 1 heterocycles. The molecule has 1 N–H and O–H groups in total. The van der Waals surface area contributed by atoms with Crippen LogP contribution in [-0.2, 0) is 5.41 Å². The molecule has 1 aromatic heterocycles. The average Bonchev–Trinajstić information content (AvgIpc) is 2.80. The van der Waals surface area contributed by atoms with Crippen LogP contribution in [0, 0.1) is 6.92 Å². The van der Waals surface area contributed by atoms with Gasteiger partial charge in [-0.05, 0) is 48.4 Å². The van der Waals surface area contributed by atoms with E-state index in [-0.39, 0.29) is 0 Å². The summed E-state index contributed by atoms with van der Waals surface area (Å²) in [6, 6.07) is 9.47. The molecule has 0 unspecified atom stereocenters. The summed E-state index contributed by atoms with van der Waals surface area (Å²) in [5.74, 6) is 0.614. The summed E-state index contributed by atoms with van der Waals surface area (Å²) in [7, 11) is 0. The fraction of sp³-hybridized carbons (Fsp3) is 0.444. The van der Waals surface area contributed by atoms with E-state index in [4.69, 9.17) is 0 Å². The van der Waals surface area contributed by atoms with Crippen molar-refractivity contribution < 1.29 is 0 Å². The van der Waals surface area contributed by atoms with Gasteiger partial charge in [0.05, 0.1) is 0 Å². The molecule has 0 atom stereocenters. The Morgan fingerprint density at radius 1 is 1.11 bits per heavy atom. The molecule has 1 nitrogen and oxygen atoms in total. The lowest BCUT2D eigenvalue weighted by Crippen LogP contribution is -2.33. The third-order valence-corrected chi connectivity index (χ3v) is 5.15. The van der Waals surface area contributed by atoms with Gasteiger partial charge in [0.2, 0.25) is 0 Å². The summed E-state index contributed by atoms with van der Waals surface area (Å²) in [5, 5.41) is 0. The van der Waals surface area contributed by atoms with Crippen molar-refractivity contribution in [2.45, 2.75) is 51.4 Å². The minimum Gasteiger partial charge on any atom is -0.361 e. The van der Waals surface area contributed by atoms with Crippen LogP contribution >= 0.6 is 0 Å². The summed E-state index contributed by atoms with van der Waals surface area (Å²) in [6.45, 7) is 6.74. The van der Waals surface area contributed by atoms with Gasteiger partial charge >= 0.3 is 0 Å². The smallest absolute Gasteiger partial charge is 0.0366 e. The summed E-state index contributed by atoms with van der Waals surface area (Å²) in [6.07, 6.45) is 3.99. The standard InChI is InChI=1S/C18H21N/c1-11(2)13-5-6-14-15-9-12(3)19-17(15)18(7-4-8-18)16(14)10-13/h5-6,9-11,19H,4,7-8H2,1-3H3. The minimum atomic E-state index is 0.323. The lowest BCUT2D eigenvalue weighted by Gasteiger charge is -2.40. The van der Waals surface area contributed by atoms with Crippen LogP contribution in [0.15, 0.2) is 24.3 Å². The third kappa shape index (κ3) is 1.31. The topological polar surface area (TPSA) is 15.8 Å². The van der Waals surface area contributed by atoms with Gasteiger partial charge in [-0.15, -0.1) is 0 Å². The van der Waals surface area contributed by atoms with E-state index in [0.29, 0.717) is 11.3 Å². The highest BCUT2D eigenvalue weighted by molar-refractivity contribution is 5.81. The molecule has 2 aliphatic carbocycles. The summed E-state index contributed by atoms with van der Waals surface area (Å²) >= 11 is 0. The fourth-order valence-electron chi connectivity index (χ4n) is 3.92. The number of aromatic nitrogens is 1. The largest absolute Gasteiger partial charge is 0.361 e. The molecule has 98 valence electrons. The Labute approximate surface area is 115 Å². The zero-order chi connectivity index (χ0) is 13.2. The Balaban J connectivity index is 1.98. The molecule has 1 fully saturated rings. The van der Waals surface area contributed by atoms with Gasteiger partial charge in [-0.2, -0.15) is 0 Å². The van der Waals surface area contributed by atoms with Gasteiger partial charge < -0.3 is 4.98 Å². The van der Waals surface area contributed by atoms with E-state index in [1.54, 1.807) is 5.56 Å². The maximum atomic E-state index is 3.64. The highest BCUT2D eigenvalue weighted by atomic mass is 14.8. The van der Waals surface area contributed by atoms with E-state index in [9.17, 15) is 0 Å². The predicted molar refractivity (Wildman–Crippen MR) is 79.7 cm³/mol. The molecule has 1 aromatic carbocycles. The van der Waals surface area contributed by atoms with Gasteiger partial charge in [-0.1, -0.05) is 38.5 Å². The Morgan fingerprint density at radius 3 is 2.53 bits per heavy atom. The first-order valence-corrected chi connectivity index (χ1v) is 7.47. The second kappa shape index (κ2) is 3.53. The van der Waals surface area contributed by atoms with Crippen LogP contribution in [0.25, 0.3) is 11.1 Å². The SMILES string of the molecule is Cc1cc2c([nH]1)C1(CCC1)c1cc(C(C)C)ccc1-2. The van der Waals surface area contributed by atoms with Crippen molar-refractivity contribution >= 4 is 0 Å². The molecule has 1 saturated carbocycles. The Hall–Kier alpha value is -1.50. The highest BCUT2D eigenvalue weighted by Crippen LogP contribution is 2.58. The molecule has 19 heavy (non-hydrogen) atoms. The molecule has 0 amide bonds. The number of aryl methyl sites for hydroxylation is 1. The van der Waals surface area contributed by atoms with Crippen molar-refractivity contribution in [3.63, 3.8) is 0 Å². The van der Waals surface area contributed by atoms with Crippen molar-refractivity contribution in [3.8, 4) is 11.1 Å². The maximum absolute atomic E-state index is 3.64. The summed E-state index contributed by atoms with van der Waals surface area (Å²) in [4.78, 5) is 3.64. The molecule has 0 aliphatic heterocycles. The van der Waals surface area contributed by atoms with Crippen molar-refractivity contribution in [2.24, 2.45) is 0 Å². The summed E-state index contributed by atoms with van der Waals surface area (Å²) < 4.78 is 0. The van der Waals surface area contributed by atoms with Crippen LogP contribution in [0.4, 0.5) is 0 Å². The molecular formula is C18H21N.